The fourth-order valence-corrected chi connectivity index (χ4v) is 4.39. The lowest BCUT2D eigenvalue weighted by Gasteiger charge is -2.13. The number of halogens is 1. The van der Waals surface area contributed by atoms with Gasteiger partial charge in [-0.1, -0.05) is 17.7 Å². The van der Waals surface area contributed by atoms with Gasteiger partial charge in [0, 0.05) is 18.3 Å². The maximum absolute atomic E-state index is 12.8. The number of rotatable bonds is 7. The van der Waals surface area contributed by atoms with Gasteiger partial charge >= 0.3 is 0 Å². The van der Waals surface area contributed by atoms with E-state index in [-0.39, 0.29) is 23.0 Å². The number of amides is 1. The first-order chi connectivity index (χ1) is 16.2. The summed E-state index contributed by atoms with van der Waals surface area (Å²) < 4.78 is 7.66. The summed E-state index contributed by atoms with van der Waals surface area (Å²) in [6.07, 6.45) is 3.24. The van der Waals surface area contributed by atoms with Gasteiger partial charge in [0.05, 0.1) is 39.3 Å². The van der Waals surface area contributed by atoms with E-state index in [1.165, 1.54) is 23.5 Å². The summed E-state index contributed by atoms with van der Waals surface area (Å²) in [6, 6.07) is 9.88. The number of hydrogen-bond donors (Lipinski definition) is 1. The van der Waals surface area contributed by atoms with Gasteiger partial charge in [-0.15, -0.1) is 11.3 Å². The molecule has 0 unspecified atom stereocenters. The van der Waals surface area contributed by atoms with Crippen molar-refractivity contribution in [3.05, 3.63) is 96.4 Å². The van der Waals surface area contributed by atoms with Crippen LogP contribution in [0.25, 0.3) is 0 Å². The Kier molecular flexibility index (Phi) is 6.67. The molecule has 0 aliphatic rings. The van der Waals surface area contributed by atoms with Crippen molar-refractivity contribution in [1.82, 2.24) is 9.78 Å². The van der Waals surface area contributed by atoms with Gasteiger partial charge in [0.25, 0.3) is 11.6 Å². The van der Waals surface area contributed by atoms with E-state index in [9.17, 15) is 14.9 Å². The summed E-state index contributed by atoms with van der Waals surface area (Å²) in [5.41, 5.74) is 3.99. The van der Waals surface area contributed by atoms with Crippen LogP contribution >= 0.6 is 22.9 Å². The highest BCUT2D eigenvalue weighted by atomic mass is 35.5. The first-order valence-electron chi connectivity index (χ1n) is 10.3. The van der Waals surface area contributed by atoms with Gasteiger partial charge in [0.2, 0.25) is 0 Å². The highest BCUT2D eigenvalue weighted by Crippen LogP contribution is 2.33. The maximum atomic E-state index is 12.8. The number of benzene rings is 2. The van der Waals surface area contributed by atoms with Crippen LogP contribution in [0.4, 0.5) is 11.4 Å². The fraction of sp³-hybridized carbons (Fsp3) is 0.167. The second-order valence-corrected chi connectivity index (χ2v) is 9.26. The number of nitrogens with zero attached hydrogens (tertiary/aromatic N) is 3. The zero-order valence-electron chi connectivity index (χ0n) is 18.7. The maximum Gasteiger partial charge on any atom is 0.275 e. The quantitative estimate of drug-likeness (QED) is 0.232. The minimum absolute atomic E-state index is 0.183. The minimum Gasteiger partial charge on any atom is -0.457 e. The lowest BCUT2D eigenvalue weighted by atomic mass is 10.1. The zero-order valence-corrected chi connectivity index (χ0v) is 20.2. The number of carbonyl (C=O) groups is 1. The molecule has 2 heterocycles. The number of aromatic nitrogens is 2. The van der Waals surface area contributed by atoms with Gasteiger partial charge in [-0.2, -0.15) is 5.10 Å². The molecule has 4 rings (SSSR count). The van der Waals surface area contributed by atoms with Crippen molar-refractivity contribution < 1.29 is 14.5 Å². The summed E-state index contributed by atoms with van der Waals surface area (Å²) in [5.74, 6) is 0.501. The van der Waals surface area contributed by atoms with Gasteiger partial charge in [-0.05, 0) is 60.5 Å². The predicted molar refractivity (Wildman–Crippen MR) is 132 cm³/mol. The number of ether oxygens (including phenoxy) is 1. The topological polar surface area (TPSA) is 99.3 Å². The fourth-order valence-electron chi connectivity index (χ4n) is 3.44. The van der Waals surface area contributed by atoms with Crippen molar-refractivity contribution in [1.29, 1.82) is 0 Å². The smallest absolute Gasteiger partial charge is 0.275 e. The van der Waals surface area contributed by atoms with Gasteiger partial charge < -0.3 is 10.1 Å². The monoisotopic (exact) mass is 496 g/mol. The van der Waals surface area contributed by atoms with Crippen molar-refractivity contribution in [3.8, 4) is 11.5 Å². The van der Waals surface area contributed by atoms with E-state index in [0.717, 1.165) is 22.3 Å². The van der Waals surface area contributed by atoms with Crippen molar-refractivity contribution in [3.63, 3.8) is 0 Å². The Hall–Kier alpha value is -3.69. The molecule has 0 radical (unpaired) electrons. The summed E-state index contributed by atoms with van der Waals surface area (Å²) >= 11 is 7.17. The van der Waals surface area contributed by atoms with Gasteiger partial charge in [0.1, 0.15) is 11.5 Å². The number of nitrogens with one attached hydrogen (secondary N) is 1. The number of anilines is 1. The van der Waals surface area contributed by atoms with Crippen LogP contribution in [0.15, 0.2) is 54.2 Å². The Bertz CT molecular complexity index is 1400. The largest absolute Gasteiger partial charge is 0.457 e. The summed E-state index contributed by atoms with van der Waals surface area (Å²) in [5, 5.41) is 20.8. The molecule has 2 aromatic heterocycles. The molecule has 34 heavy (non-hydrogen) atoms. The third-order valence-electron chi connectivity index (χ3n) is 5.18. The van der Waals surface area contributed by atoms with E-state index in [2.05, 4.69) is 10.4 Å². The van der Waals surface area contributed by atoms with E-state index in [1.807, 2.05) is 38.3 Å². The van der Waals surface area contributed by atoms with E-state index in [1.54, 1.807) is 29.2 Å². The Balaban J connectivity index is 1.55. The molecule has 4 aromatic rings. The molecule has 0 spiro atoms. The van der Waals surface area contributed by atoms with Crippen molar-refractivity contribution in [2.75, 3.05) is 5.32 Å². The van der Waals surface area contributed by atoms with Crippen molar-refractivity contribution in [2.24, 2.45) is 0 Å². The van der Waals surface area contributed by atoms with Crippen LogP contribution in [0.5, 0.6) is 11.5 Å². The second kappa shape index (κ2) is 9.66. The average Bonchev–Trinajstić information content (AvgIpc) is 3.40. The lowest BCUT2D eigenvalue weighted by Crippen LogP contribution is -2.10. The number of nitro groups is 1. The standard InChI is InChI=1S/C24H21ClN4O4S/c1-14-4-15(2)16(3)22(5-14)33-21-8-19(7-20(9-21)29(31)32)27-24(30)23-6-17(13-34-23)11-28-12-18(25)10-26-28/h4-10,12-13H,11H2,1-3H3,(H,27,30). The Morgan fingerprint density at radius 3 is 2.71 bits per heavy atom. The number of hydrogen-bond acceptors (Lipinski definition) is 6. The van der Waals surface area contributed by atoms with E-state index >= 15 is 0 Å². The van der Waals surface area contributed by atoms with Crippen molar-refractivity contribution >= 4 is 40.2 Å². The number of non-ortho nitro benzene ring substituents is 1. The van der Waals surface area contributed by atoms with Crippen LogP contribution in [0, 0.1) is 30.9 Å². The van der Waals surface area contributed by atoms with Crippen molar-refractivity contribution in [2.45, 2.75) is 27.3 Å². The van der Waals surface area contributed by atoms with Crippen LogP contribution in [-0.2, 0) is 6.54 Å². The molecule has 0 atom stereocenters. The summed E-state index contributed by atoms with van der Waals surface area (Å²) in [7, 11) is 0. The van der Waals surface area contributed by atoms with Crippen LogP contribution in [-0.4, -0.2) is 20.6 Å². The highest BCUT2D eigenvalue weighted by Gasteiger charge is 2.16. The molecular formula is C24H21ClN4O4S. The second-order valence-electron chi connectivity index (χ2n) is 7.91. The molecule has 10 heteroatoms. The Labute approximate surface area is 204 Å². The molecule has 0 bridgehead atoms. The highest BCUT2D eigenvalue weighted by molar-refractivity contribution is 7.12. The summed E-state index contributed by atoms with van der Waals surface area (Å²) in [6.45, 7) is 6.33. The first-order valence-corrected chi connectivity index (χ1v) is 11.6. The van der Waals surface area contributed by atoms with Crippen LogP contribution in [0.3, 0.4) is 0 Å². The predicted octanol–water partition coefficient (Wildman–Crippen LogP) is 6.52. The first kappa shape index (κ1) is 23.5. The van der Waals surface area contributed by atoms with Gasteiger partial charge in [-0.3, -0.25) is 19.6 Å². The third kappa shape index (κ3) is 5.44. The van der Waals surface area contributed by atoms with E-state index in [0.29, 0.717) is 22.2 Å². The Morgan fingerprint density at radius 1 is 1.21 bits per heavy atom. The molecule has 1 N–H and O–H groups in total. The SMILES string of the molecule is Cc1cc(C)c(C)c(Oc2cc(NC(=O)c3cc(Cn4cc(Cl)cn4)cs3)cc([N+](=O)[O-])c2)c1. The van der Waals surface area contributed by atoms with Gasteiger partial charge in [-0.25, -0.2) is 0 Å². The van der Waals surface area contributed by atoms with Crippen LogP contribution < -0.4 is 10.1 Å². The molecule has 0 fully saturated rings. The molecule has 0 aliphatic carbocycles. The van der Waals surface area contributed by atoms with E-state index in [4.69, 9.17) is 16.3 Å². The lowest BCUT2D eigenvalue weighted by molar-refractivity contribution is -0.384. The minimum atomic E-state index is -0.519. The molecule has 174 valence electrons. The summed E-state index contributed by atoms with van der Waals surface area (Å²) in [4.78, 5) is 24.3. The molecule has 0 saturated heterocycles. The van der Waals surface area contributed by atoms with Crippen LogP contribution in [0.2, 0.25) is 5.02 Å². The molecule has 1 amide bonds. The molecule has 0 aliphatic heterocycles. The molecule has 8 nitrogen and oxygen atoms in total. The number of nitro benzene ring substituents is 1. The number of aryl methyl sites for hydroxylation is 2. The number of carbonyl (C=O) groups excluding carboxylic acids is 1. The van der Waals surface area contributed by atoms with Gasteiger partial charge in [0.15, 0.2) is 0 Å². The number of thiophene rings is 1. The van der Waals surface area contributed by atoms with E-state index < -0.39 is 4.92 Å². The molecule has 2 aromatic carbocycles. The van der Waals surface area contributed by atoms with Crippen LogP contribution in [0.1, 0.15) is 31.9 Å². The average molecular weight is 497 g/mol. The molecular weight excluding hydrogens is 476 g/mol. The molecule has 0 saturated carbocycles. The normalized spacial score (nSPS) is 10.8. The third-order valence-corrected chi connectivity index (χ3v) is 6.35. The zero-order chi connectivity index (χ0) is 24.4. The Morgan fingerprint density at radius 2 is 2.00 bits per heavy atom.